The molecule has 4 nitrogen and oxygen atoms in total. The van der Waals surface area contributed by atoms with Crippen LogP contribution in [0, 0.1) is 6.92 Å². The van der Waals surface area contributed by atoms with E-state index in [9.17, 15) is 4.79 Å². The van der Waals surface area contributed by atoms with E-state index < -0.39 is 0 Å². The molecule has 31 heavy (non-hydrogen) atoms. The summed E-state index contributed by atoms with van der Waals surface area (Å²) in [4.78, 5) is 20.5. The van der Waals surface area contributed by atoms with Crippen LogP contribution in [0.3, 0.4) is 0 Å². The van der Waals surface area contributed by atoms with E-state index in [1.54, 1.807) is 6.08 Å². The Balaban J connectivity index is 1.31. The van der Waals surface area contributed by atoms with Crippen LogP contribution < -0.4 is 0 Å². The molecular formula is C27H32N2O2. The van der Waals surface area contributed by atoms with Crippen molar-refractivity contribution >= 4 is 17.7 Å². The lowest BCUT2D eigenvalue weighted by Gasteiger charge is -2.36. The summed E-state index contributed by atoms with van der Waals surface area (Å²) in [6.45, 7) is 10.1. The van der Waals surface area contributed by atoms with Crippen LogP contribution in [-0.2, 0) is 15.0 Å². The van der Waals surface area contributed by atoms with Gasteiger partial charge in [0.15, 0.2) is 0 Å². The summed E-state index contributed by atoms with van der Waals surface area (Å²) in [5.74, 6) is 0.0624. The Labute approximate surface area is 185 Å². The molecule has 1 amide bonds. The highest BCUT2D eigenvalue weighted by Gasteiger charge is 2.42. The predicted molar refractivity (Wildman–Crippen MR) is 126 cm³/mol. The number of piperidine rings is 1. The Morgan fingerprint density at radius 2 is 1.68 bits per heavy atom. The van der Waals surface area contributed by atoms with Crippen molar-refractivity contribution in [2.45, 2.75) is 58.0 Å². The van der Waals surface area contributed by atoms with Crippen molar-refractivity contribution in [1.29, 1.82) is 0 Å². The minimum atomic E-state index is -0.260. The van der Waals surface area contributed by atoms with Crippen molar-refractivity contribution in [3.63, 3.8) is 0 Å². The van der Waals surface area contributed by atoms with Gasteiger partial charge in [-0.3, -0.25) is 4.79 Å². The van der Waals surface area contributed by atoms with E-state index >= 15 is 0 Å². The van der Waals surface area contributed by atoms with Crippen LogP contribution in [0.5, 0.6) is 0 Å². The third kappa shape index (κ3) is 4.90. The zero-order valence-electron chi connectivity index (χ0n) is 19.0. The smallest absolute Gasteiger partial charge is 0.246 e. The number of hydrogen-bond donors (Lipinski definition) is 0. The Kier molecular flexibility index (Phi) is 5.74. The first-order valence-corrected chi connectivity index (χ1v) is 11.1. The van der Waals surface area contributed by atoms with Crippen LogP contribution in [0.2, 0.25) is 0 Å². The van der Waals surface area contributed by atoms with Crippen LogP contribution >= 0.6 is 0 Å². The van der Waals surface area contributed by atoms with Crippen molar-refractivity contribution in [3.05, 3.63) is 76.9 Å². The first kappa shape index (κ1) is 21.4. The molecule has 2 aromatic rings. The van der Waals surface area contributed by atoms with Crippen LogP contribution in [0.4, 0.5) is 0 Å². The van der Waals surface area contributed by atoms with Gasteiger partial charge in [-0.25, -0.2) is 0 Å². The maximum Gasteiger partial charge on any atom is 0.246 e. The number of aryl methyl sites for hydroxylation is 1. The first-order valence-electron chi connectivity index (χ1n) is 11.1. The summed E-state index contributed by atoms with van der Waals surface area (Å²) in [6, 6.07) is 16.8. The second-order valence-corrected chi connectivity index (χ2v) is 9.89. The van der Waals surface area contributed by atoms with Gasteiger partial charge >= 0.3 is 0 Å². The summed E-state index contributed by atoms with van der Waals surface area (Å²) in [5.41, 5.74) is 5.59. The fourth-order valence-electron chi connectivity index (χ4n) is 4.19. The molecule has 1 spiro atoms. The van der Waals surface area contributed by atoms with Gasteiger partial charge in [0, 0.05) is 38.4 Å². The lowest BCUT2D eigenvalue weighted by atomic mass is 9.85. The third-order valence-electron chi connectivity index (χ3n) is 6.41. The second kappa shape index (κ2) is 8.33. The molecule has 4 heteroatoms. The van der Waals surface area contributed by atoms with E-state index in [1.165, 1.54) is 11.1 Å². The fourth-order valence-corrected chi connectivity index (χ4v) is 4.19. The number of carbonyl (C=O) groups is 1. The lowest BCUT2D eigenvalue weighted by molar-refractivity contribution is -0.131. The van der Waals surface area contributed by atoms with E-state index in [0.29, 0.717) is 13.1 Å². The van der Waals surface area contributed by atoms with Gasteiger partial charge in [0.2, 0.25) is 5.91 Å². The second-order valence-electron chi connectivity index (χ2n) is 9.89. The molecule has 0 saturated carbocycles. The third-order valence-corrected chi connectivity index (χ3v) is 6.41. The normalized spacial score (nSPS) is 18.3. The van der Waals surface area contributed by atoms with Crippen LogP contribution in [0.25, 0.3) is 6.08 Å². The zero-order valence-corrected chi connectivity index (χ0v) is 19.0. The molecule has 4 rings (SSSR count). The van der Waals surface area contributed by atoms with Crippen molar-refractivity contribution in [3.8, 4) is 0 Å². The molecule has 0 atom stereocenters. The molecular weight excluding hydrogens is 384 g/mol. The molecule has 2 aliphatic rings. The number of benzene rings is 2. The van der Waals surface area contributed by atoms with Gasteiger partial charge in [-0.05, 0) is 35.1 Å². The molecule has 1 fully saturated rings. The summed E-state index contributed by atoms with van der Waals surface area (Å²) in [5, 5.41) is 4.38. The van der Waals surface area contributed by atoms with Crippen molar-refractivity contribution in [2.24, 2.45) is 5.16 Å². The number of carbonyl (C=O) groups excluding carboxylic acids is 1. The zero-order chi connectivity index (χ0) is 22.1. The summed E-state index contributed by atoms with van der Waals surface area (Å²) >= 11 is 0. The number of oxime groups is 1. The molecule has 1 saturated heterocycles. The molecule has 2 heterocycles. The molecule has 0 aromatic heterocycles. The quantitative estimate of drug-likeness (QED) is 0.621. The number of hydrogen-bond acceptors (Lipinski definition) is 3. The summed E-state index contributed by atoms with van der Waals surface area (Å²) in [7, 11) is 0. The standard InChI is InChI=1S/C27H32N2O2/c1-20-5-10-22(11-6-20)24-19-27(31-28-24)15-17-29(18-16-27)25(30)14-9-21-7-12-23(13-8-21)26(2,3)4/h5-14H,15-19H2,1-4H3. The Bertz CT molecular complexity index is 987. The summed E-state index contributed by atoms with van der Waals surface area (Å²) in [6.07, 6.45) is 6.03. The van der Waals surface area contributed by atoms with Gasteiger partial charge in [0.1, 0.15) is 5.60 Å². The van der Waals surface area contributed by atoms with E-state index in [1.807, 2.05) is 11.0 Å². The van der Waals surface area contributed by atoms with Gasteiger partial charge in [0.25, 0.3) is 0 Å². The van der Waals surface area contributed by atoms with Gasteiger partial charge in [-0.1, -0.05) is 80.0 Å². The van der Waals surface area contributed by atoms with Gasteiger partial charge < -0.3 is 9.74 Å². The maximum atomic E-state index is 12.7. The van der Waals surface area contributed by atoms with E-state index in [2.05, 4.69) is 81.4 Å². The van der Waals surface area contributed by atoms with Gasteiger partial charge in [0.05, 0.1) is 5.71 Å². The molecule has 2 aliphatic heterocycles. The van der Waals surface area contributed by atoms with Crippen molar-refractivity contribution in [1.82, 2.24) is 4.90 Å². The molecule has 0 N–H and O–H groups in total. The Morgan fingerprint density at radius 1 is 1.03 bits per heavy atom. The average Bonchev–Trinajstić information content (AvgIpc) is 3.16. The van der Waals surface area contributed by atoms with Crippen molar-refractivity contribution in [2.75, 3.05) is 13.1 Å². The predicted octanol–water partition coefficient (Wildman–Crippen LogP) is 5.49. The molecule has 162 valence electrons. The van der Waals surface area contributed by atoms with Gasteiger partial charge in [-0.15, -0.1) is 0 Å². The van der Waals surface area contributed by atoms with Gasteiger partial charge in [-0.2, -0.15) is 0 Å². The SMILES string of the molecule is Cc1ccc(C2=NOC3(CCN(C(=O)C=Cc4ccc(C(C)(C)C)cc4)CC3)C2)cc1. The summed E-state index contributed by atoms with van der Waals surface area (Å²) < 4.78 is 0. The number of amides is 1. The number of likely N-dealkylation sites (tertiary alicyclic amines) is 1. The molecule has 0 radical (unpaired) electrons. The average molecular weight is 417 g/mol. The highest BCUT2D eigenvalue weighted by atomic mass is 16.7. The van der Waals surface area contributed by atoms with Crippen LogP contribution in [0.1, 0.15) is 62.3 Å². The van der Waals surface area contributed by atoms with Crippen molar-refractivity contribution < 1.29 is 9.63 Å². The number of nitrogens with zero attached hydrogens (tertiary/aromatic N) is 2. The highest BCUT2D eigenvalue weighted by Crippen LogP contribution is 2.36. The molecule has 0 bridgehead atoms. The molecule has 0 unspecified atom stereocenters. The molecule has 0 aliphatic carbocycles. The highest BCUT2D eigenvalue weighted by molar-refractivity contribution is 6.01. The van der Waals surface area contributed by atoms with E-state index in [0.717, 1.165) is 36.1 Å². The van der Waals surface area contributed by atoms with E-state index in [-0.39, 0.29) is 16.9 Å². The minimum Gasteiger partial charge on any atom is -0.388 e. The molecule has 2 aromatic carbocycles. The largest absolute Gasteiger partial charge is 0.388 e. The Morgan fingerprint density at radius 3 is 2.29 bits per heavy atom. The Hall–Kier alpha value is -2.88. The maximum absolute atomic E-state index is 12.7. The van der Waals surface area contributed by atoms with E-state index in [4.69, 9.17) is 4.84 Å². The first-order chi connectivity index (χ1) is 14.7. The lowest BCUT2D eigenvalue weighted by Crippen LogP contribution is -2.46. The monoisotopic (exact) mass is 416 g/mol. The minimum absolute atomic E-state index is 0.0624. The van der Waals surface area contributed by atoms with Crippen LogP contribution in [0.15, 0.2) is 59.8 Å². The number of rotatable bonds is 3. The topological polar surface area (TPSA) is 41.9 Å². The van der Waals surface area contributed by atoms with Crippen LogP contribution in [-0.4, -0.2) is 35.2 Å². The fraction of sp³-hybridized carbons (Fsp3) is 0.407.